The lowest BCUT2D eigenvalue weighted by Crippen LogP contribution is -2.12. The van der Waals surface area contributed by atoms with Crippen molar-refractivity contribution in [3.8, 4) is 0 Å². The van der Waals surface area contributed by atoms with Crippen LogP contribution in [0.4, 0.5) is 8.78 Å². The van der Waals surface area contributed by atoms with E-state index in [9.17, 15) is 13.6 Å². The van der Waals surface area contributed by atoms with Gasteiger partial charge in [-0.25, -0.2) is 13.6 Å². The fourth-order valence-electron chi connectivity index (χ4n) is 1.84. The SMILES string of the molecule is CCOC(=O)CON=C(c1ccc(F)cc1)c1ccc(F)cc1. The average Bonchev–Trinajstić information content (AvgIpc) is 2.54. The van der Waals surface area contributed by atoms with E-state index in [-0.39, 0.29) is 24.8 Å². The number of nitrogens with zero attached hydrogens (tertiary/aromatic N) is 1. The molecule has 0 atom stereocenters. The molecule has 6 heteroatoms. The molecule has 0 radical (unpaired) electrons. The second-order valence-electron chi connectivity index (χ2n) is 4.53. The van der Waals surface area contributed by atoms with E-state index < -0.39 is 5.97 Å². The number of hydrogen-bond donors (Lipinski definition) is 0. The number of ether oxygens (including phenoxy) is 1. The van der Waals surface area contributed by atoms with Crippen LogP contribution in [-0.2, 0) is 14.4 Å². The Morgan fingerprint density at radius 3 is 1.87 bits per heavy atom. The predicted octanol–water partition coefficient (Wildman–Crippen LogP) is 3.30. The van der Waals surface area contributed by atoms with Gasteiger partial charge < -0.3 is 9.57 Å². The van der Waals surface area contributed by atoms with E-state index in [1.54, 1.807) is 6.92 Å². The smallest absolute Gasteiger partial charge is 0.347 e. The summed E-state index contributed by atoms with van der Waals surface area (Å²) >= 11 is 0. The van der Waals surface area contributed by atoms with Crippen molar-refractivity contribution in [1.82, 2.24) is 0 Å². The molecule has 0 aliphatic carbocycles. The third-order valence-electron chi connectivity index (χ3n) is 2.88. The van der Waals surface area contributed by atoms with Crippen LogP contribution in [0.25, 0.3) is 0 Å². The summed E-state index contributed by atoms with van der Waals surface area (Å²) in [5.41, 5.74) is 1.50. The highest BCUT2D eigenvalue weighted by molar-refractivity contribution is 6.12. The van der Waals surface area contributed by atoms with Crippen molar-refractivity contribution in [2.24, 2.45) is 5.16 Å². The van der Waals surface area contributed by atoms with E-state index in [0.717, 1.165) is 0 Å². The van der Waals surface area contributed by atoms with Gasteiger partial charge in [-0.1, -0.05) is 5.16 Å². The second kappa shape index (κ2) is 8.03. The van der Waals surface area contributed by atoms with Crippen molar-refractivity contribution in [1.29, 1.82) is 0 Å². The molecule has 0 saturated heterocycles. The zero-order valence-electron chi connectivity index (χ0n) is 12.5. The van der Waals surface area contributed by atoms with Crippen LogP contribution >= 0.6 is 0 Å². The minimum Gasteiger partial charge on any atom is -0.463 e. The lowest BCUT2D eigenvalue weighted by atomic mass is 10.0. The van der Waals surface area contributed by atoms with Gasteiger partial charge in [0, 0.05) is 11.1 Å². The molecule has 0 heterocycles. The Hall–Kier alpha value is -2.76. The minimum absolute atomic E-state index is 0.245. The molecule has 2 aromatic rings. The van der Waals surface area contributed by atoms with Gasteiger partial charge in [-0.2, -0.15) is 0 Å². The first-order chi connectivity index (χ1) is 11.1. The Bertz CT molecular complexity index is 634. The largest absolute Gasteiger partial charge is 0.463 e. The average molecular weight is 319 g/mol. The molecule has 2 aromatic carbocycles. The first-order valence-corrected chi connectivity index (χ1v) is 6.97. The summed E-state index contributed by atoms with van der Waals surface area (Å²) in [6.07, 6.45) is 0. The van der Waals surface area contributed by atoms with Crippen molar-refractivity contribution in [3.63, 3.8) is 0 Å². The number of esters is 1. The Kier molecular flexibility index (Phi) is 5.80. The molecule has 0 unspecified atom stereocenters. The summed E-state index contributed by atoms with van der Waals surface area (Å²) in [7, 11) is 0. The molecule has 0 amide bonds. The van der Waals surface area contributed by atoms with Crippen molar-refractivity contribution in [3.05, 3.63) is 71.3 Å². The van der Waals surface area contributed by atoms with Crippen LogP contribution in [0.2, 0.25) is 0 Å². The zero-order chi connectivity index (χ0) is 16.7. The maximum atomic E-state index is 13.1. The first-order valence-electron chi connectivity index (χ1n) is 6.97. The van der Waals surface area contributed by atoms with Crippen molar-refractivity contribution >= 4 is 11.7 Å². The van der Waals surface area contributed by atoms with E-state index in [2.05, 4.69) is 5.16 Å². The summed E-state index contributed by atoms with van der Waals surface area (Å²) in [5.74, 6) is -1.33. The molecule has 0 spiro atoms. The number of benzene rings is 2. The summed E-state index contributed by atoms with van der Waals surface area (Å²) in [4.78, 5) is 16.3. The van der Waals surface area contributed by atoms with Gasteiger partial charge >= 0.3 is 5.97 Å². The Morgan fingerprint density at radius 1 is 0.957 bits per heavy atom. The van der Waals surface area contributed by atoms with E-state index in [1.165, 1.54) is 48.5 Å². The number of hydrogen-bond acceptors (Lipinski definition) is 4. The van der Waals surface area contributed by atoms with Crippen LogP contribution < -0.4 is 0 Å². The van der Waals surface area contributed by atoms with E-state index >= 15 is 0 Å². The summed E-state index contributed by atoms with van der Waals surface area (Å²) in [6, 6.07) is 11.2. The maximum Gasteiger partial charge on any atom is 0.347 e. The van der Waals surface area contributed by atoms with Crippen LogP contribution in [0.5, 0.6) is 0 Å². The zero-order valence-corrected chi connectivity index (χ0v) is 12.5. The number of rotatable bonds is 6. The molecular formula is C17H15F2NO3. The highest BCUT2D eigenvalue weighted by Gasteiger charge is 2.10. The van der Waals surface area contributed by atoms with Gasteiger partial charge in [0.1, 0.15) is 17.3 Å². The van der Waals surface area contributed by atoms with Gasteiger partial charge in [0.15, 0.2) is 0 Å². The summed E-state index contributed by atoms with van der Waals surface area (Å²) in [5, 5.41) is 3.92. The fourth-order valence-corrected chi connectivity index (χ4v) is 1.84. The number of oxime groups is 1. The predicted molar refractivity (Wildman–Crippen MR) is 81.0 cm³/mol. The fraction of sp³-hybridized carbons (Fsp3) is 0.176. The highest BCUT2D eigenvalue weighted by atomic mass is 19.1. The molecule has 0 aliphatic heterocycles. The van der Waals surface area contributed by atoms with Gasteiger partial charge in [-0.05, 0) is 55.5 Å². The molecule has 0 bridgehead atoms. The summed E-state index contributed by atoms with van der Waals surface area (Å²) in [6.45, 7) is 1.58. The number of halogens is 2. The van der Waals surface area contributed by atoms with Gasteiger partial charge in [0.2, 0.25) is 6.61 Å². The Balaban J connectivity index is 2.25. The quantitative estimate of drug-likeness (QED) is 0.466. The molecule has 0 saturated carbocycles. The van der Waals surface area contributed by atoms with Crippen LogP contribution in [0, 0.1) is 11.6 Å². The third kappa shape index (κ3) is 4.88. The van der Waals surface area contributed by atoms with E-state index in [4.69, 9.17) is 9.57 Å². The first kappa shape index (κ1) is 16.6. The lowest BCUT2D eigenvalue weighted by Gasteiger charge is -2.07. The monoisotopic (exact) mass is 319 g/mol. The van der Waals surface area contributed by atoms with Crippen molar-refractivity contribution in [2.45, 2.75) is 6.92 Å². The molecule has 0 aliphatic rings. The molecule has 4 nitrogen and oxygen atoms in total. The van der Waals surface area contributed by atoms with Crippen LogP contribution in [0.3, 0.4) is 0 Å². The van der Waals surface area contributed by atoms with Crippen LogP contribution in [0.15, 0.2) is 53.7 Å². The number of carbonyl (C=O) groups excluding carboxylic acids is 1. The second-order valence-corrected chi connectivity index (χ2v) is 4.53. The van der Waals surface area contributed by atoms with Gasteiger partial charge in [-0.15, -0.1) is 0 Å². The molecule has 23 heavy (non-hydrogen) atoms. The van der Waals surface area contributed by atoms with Gasteiger partial charge in [0.05, 0.1) is 6.61 Å². The van der Waals surface area contributed by atoms with Crippen molar-refractivity contribution < 1.29 is 23.1 Å². The maximum absolute atomic E-state index is 13.1. The van der Waals surface area contributed by atoms with Gasteiger partial charge in [0.25, 0.3) is 0 Å². The molecule has 2 rings (SSSR count). The summed E-state index contributed by atoms with van der Waals surface area (Å²) < 4.78 is 30.9. The molecule has 0 N–H and O–H groups in total. The lowest BCUT2D eigenvalue weighted by molar-refractivity contribution is -0.148. The highest BCUT2D eigenvalue weighted by Crippen LogP contribution is 2.13. The minimum atomic E-state index is -0.547. The Labute approximate surface area is 132 Å². The van der Waals surface area contributed by atoms with E-state index in [0.29, 0.717) is 16.8 Å². The molecule has 0 fully saturated rings. The standard InChI is InChI=1S/C17H15F2NO3/c1-2-22-16(21)11-23-20-17(12-3-7-14(18)8-4-12)13-5-9-15(19)10-6-13/h3-10H,2,11H2,1H3. The molecule has 120 valence electrons. The molecular weight excluding hydrogens is 304 g/mol. The number of carbonyl (C=O) groups is 1. The third-order valence-corrected chi connectivity index (χ3v) is 2.88. The molecule has 0 aromatic heterocycles. The van der Waals surface area contributed by atoms with Gasteiger partial charge in [-0.3, -0.25) is 0 Å². The normalized spacial score (nSPS) is 10.0. The van der Waals surface area contributed by atoms with E-state index in [1.807, 2.05) is 0 Å². The topological polar surface area (TPSA) is 47.9 Å². The Morgan fingerprint density at radius 2 is 1.43 bits per heavy atom. The van der Waals surface area contributed by atoms with Crippen LogP contribution in [0.1, 0.15) is 18.1 Å². The van der Waals surface area contributed by atoms with Crippen molar-refractivity contribution in [2.75, 3.05) is 13.2 Å². The van der Waals surface area contributed by atoms with Crippen LogP contribution in [-0.4, -0.2) is 24.9 Å².